The number of aryl methyl sites for hydroxylation is 2. The first-order valence-corrected chi connectivity index (χ1v) is 6.31. The second kappa shape index (κ2) is 5.23. The van der Waals surface area contributed by atoms with Gasteiger partial charge in [0.2, 0.25) is 0 Å². The lowest BCUT2D eigenvalue weighted by atomic mass is 10.2. The normalized spacial score (nSPS) is 10.1. The first-order valence-electron chi connectivity index (χ1n) is 5.52. The predicted molar refractivity (Wildman–Crippen MR) is 74.1 cm³/mol. The zero-order valence-electron chi connectivity index (χ0n) is 10.2. The van der Waals surface area contributed by atoms with Crippen LogP contribution in [0.4, 0.5) is 5.69 Å². The Kier molecular flexibility index (Phi) is 3.68. The molecule has 0 amide bonds. The second-order valence-electron chi connectivity index (χ2n) is 4.11. The molecule has 0 fully saturated rings. The maximum atomic E-state index is 8.91. The summed E-state index contributed by atoms with van der Waals surface area (Å²) in [4.78, 5) is 0. The highest BCUT2D eigenvalue weighted by molar-refractivity contribution is 9.10. The molecule has 0 unspecified atom stereocenters. The Bertz CT molecular complexity index is 610. The van der Waals surface area contributed by atoms with Crippen LogP contribution < -0.4 is 5.32 Å². The molecule has 0 saturated heterocycles. The van der Waals surface area contributed by atoms with E-state index in [4.69, 9.17) is 5.26 Å². The quantitative estimate of drug-likeness (QED) is 0.948. The first-order chi connectivity index (χ1) is 8.58. The lowest BCUT2D eigenvalue weighted by Crippen LogP contribution is -2.00. The number of hydrogen-bond donors (Lipinski definition) is 1. The minimum Gasteiger partial charge on any atom is -0.381 e. The molecule has 0 spiro atoms. The zero-order valence-corrected chi connectivity index (χ0v) is 11.8. The molecule has 0 aliphatic heterocycles. The van der Waals surface area contributed by atoms with Crippen molar-refractivity contribution in [3.05, 3.63) is 45.7 Å². The second-order valence-corrected chi connectivity index (χ2v) is 5.02. The van der Waals surface area contributed by atoms with Crippen LogP contribution in [0.25, 0.3) is 0 Å². The Morgan fingerprint density at radius 3 is 2.83 bits per heavy atom. The Balaban J connectivity index is 2.13. The monoisotopic (exact) mass is 304 g/mol. The van der Waals surface area contributed by atoms with E-state index in [1.165, 1.54) is 0 Å². The molecule has 1 aromatic heterocycles. The largest absolute Gasteiger partial charge is 0.381 e. The number of aromatic nitrogens is 2. The van der Waals surface area contributed by atoms with E-state index in [1.807, 2.05) is 32.3 Å². The standard InChI is InChI=1S/C13H13BrN4/c1-9-11(8-18(2)17-9)7-16-13-4-10(6-15)3-12(14)5-13/h3-5,8,16H,7H2,1-2H3. The molecule has 1 heterocycles. The van der Waals surface area contributed by atoms with E-state index in [9.17, 15) is 0 Å². The molecule has 1 aromatic carbocycles. The average molecular weight is 305 g/mol. The van der Waals surface area contributed by atoms with Gasteiger partial charge in [-0.15, -0.1) is 0 Å². The van der Waals surface area contributed by atoms with Gasteiger partial charge in [0.1, 0.15) is 0 Å². The fourth-order valence-electron chi connectivity index (χ4n) is 1.78. The van der Waals surface area contributed by atoms with E-state index in [0.29, 0.717) is 12.1 Å². The molecule has 1 N–H and O–H groups in total. The molecule has 2 aromatic rings. The molecule has 0 aliphatic rings. The van der Waals surface area contributed by atoms with Crippen molar-refractivity contribution in [1.82, 2.24) is 9.78 Å². The number of rotatable bonds is 3. The van der Waals surface area contributed by atoms with Gasteiger partial charge in [-0.1, -0.05) is 15.9 Å². The van der Waals surface area contributed by atoms with Crippen molar-refractivity contribution in [2.75, 3.05) is 5.32 Å². The minimum atomic E-state index is 0.634. The SMILES string of the molecule is Cc1nn(C)cc1CNc1cc(Br)cc(C#N)c1. The Labute approximate surface area is 114 Å². The van der Waals surface area contributed by atoms with Crippen molar-refractivity contribution >= 4 is 21.6 Å². The van der Waals surface area contributed by atoms with Gasteiger partial charge in [-0.2, -0.15) is 10.4 Å². The van der Waals surface area contributed by atoms with Gasteiger partial charge in [-0.3, -0.25) is 4.68 Å². The maximum absolute atomic E-state index is 8.91. The third-order valence-electron chi connectivity index (χ3n) is 2.62. The fraction of sp³-hybridized carbons (Fsp3) is 0.231. The topological polar surface area (TPSA) is 53.6 Å². The van der Waals surface area contributed by atoms with Crippen LogP contribution in [0.5, 0.6) is 0 Å². The average Bonchev–Trinajstić information content (AvgIpc) is 2.64. The summed E-state index contributed by atoms with van der Waals surface area (Å²) in [5, 5.41) is 16.5. The van der Waals surface area contributed by atoms with Crippen LogP contribution in [0.15, 0.2) is 28.9 Å². The lowest BCUT2D eigenvalue weighted by molar-refractivity contribution is 0.756. The third kappa shape index (κ3) is 2.90. The van der Waals surface area contributed by atoms with Gasteiger partial charge in [-0.05, 0) is 25.1 Å². The first kappa shape index (κ1) is 12.7. The van der Waals surface area contributed by atoms with E-state index in [2.05, 4.69) is 32.4 Å². The highest BCUT2D eigenvalue weighted by Crippen LogP contribution is 2.20. The van der Waals surface area contributed by atoms with E-state index in [-0.39, 0.29) is 0 Å². The smallest absolute Gasteiger partial charge is 0.0992 e. The van der Waals surface area contributed by atoms with Gasteiger partial charge in [0.25, 0.3) is 0 Å². The van der Waals surface area contributed by atoms with E-state index in [1.54, 1.807) is 10.7 Å². The lowest BCUT2D eigenvalue weighted by Gasteiger charge is -2.06. The molecule has 0 atom stereocenters. The van der Waals surface area contributed by atoms with Crippen LogP contribution in [0, 0.1) is 18.3 Å². The molecule has 0 radical (unpaired) electrons. The fourth-order valence-corrected chi connectivity index (χ4v) is 2.27. The zero-order chi connectivity index (χ0) is 13.1. The van der Waals surface area contributed by atoms with E-state index < -0.39 is 0 Å². The summed E-state index contributed by atoms with van der Waals surface area (Å²) < 4.78 is 2.69. The summed E-state index contributed by atoms with van der Waals surface area (Å²) in [7, 11) is 1.91. The summed E-state index contributed by atoms with van der Waals surface area (Å²) in [6, 6.07) is 7.71. The van der Waals surface area contributed by atoms with Crippen molar-refractivity contribution in [3.8, 4) is 6.07 Å². The molecule has 4 nitrogen and oxygen atoms in total. The van der Waals surface area contributed by atoms with Gasteiger partial charge < -0.3 is 5.32 Å². The Hall–Kier alpha value is -1.80. The summed E-state index contributed by atoms with van der Waals surface area (Å²) in [6.07, 6.45) is 1.99. The Morgan fingerprint density at radius 2 is 2.22 bits per heavy atom. The molecule has 92 valence electrons. The number of anilines is 1. The molecule has 5 heteroatoms. The van der Waals surface area contributed by atoms with Gasteiger partial charge >= 0.3 is 0 Å². The van der Waals surface area contributed by atoms with Gasteiger partial charge in [0.05, 0.1) is 17.3 Å². The molecular weight excluding hydrogens is 292 g/mol. The number of halogens is 1. The predicted octanol–water partition coefficient (Wildman–Crippen LogP) is 2.97. The number of nitriles is 1. The van der Waals surface area contributed by atoms with Gasteiger partial charge in [-0.25, -0.2) is 0 Å². The number of hydrogen-bond acceptors (Lipinski definition) is 3. The van der Waals surface area contributed by atoms with E-state index >= 15 is 0 Å². The van der Waals surface area contributed by atoms with Crippen molar-refractivity contribution in [2.24, 2.45) is 7.05 Å². The van der Waals surface area contributed by atoms with Gasteiger partial charge in [0.15, 0.2) is 0 Å². The molecule has 2 rings (SSSR count). The minimum absolute atomic E-state index is 0.634. The number of nitrogens with one attached hydrogen (secondary N) is 1. The van der Waals surface area contributed by atoms with Crippen LogP contribution in [-0.4, -0.2) is 9.78 Å². The van der Waals surface area contributed by atoms with Crippen molar-refractivity contribution in [1.29, 1.82) is 5.26 Å². The summed E-state index contributed by atoms with van der Waals surface area (Å²) in [5.41, 5.74) is 3.72. The molecule has 18 heavy (non-hydrogen) atoms. The van der Waals surface area contributed by atoms with E-state index in [0.717, 1.165) is 21.4 Å². The van der Waals surface area contributed by atoms with Crippen LogP contribution in [0.3, 0.4) is 0 Å². The molecule has 0 saturated carbocycles. The highest BCUT2D eigenvalue weighted by atomic mass is 79.9. The Morgan fingerprint density at radius 1 is 1.44 bits per heavy atom. The number of benzene rings is 1. The molecular formula is C13H13BrN4. The van der Waals surface area contributed by atoms with Crippen LogP contribution >= 0.6 is 15.9 Å². The van der Waals surface area contributed by atoms with Crippen LogP contribution in [-0.2, 0) is 13.6 Å². The third-order valence-corrected chi connectivity index (χ3v) is 3.08. The molecule has 0 bridgehead atoms. The molecule has 0 aliphatic carbocycles. The summed E-state index contributed by atoms with van der Waals surface area (Å²) in [5.74, 6) is 0. The van der Waals surface area contributed by atoms with Crippen molar-refractivity contribution in [2.45, 2.75) is 13.5 Å². The maximum Gasteiger partial charge on any atom is 0.0992 e. The van der Waals surface area contributed by atoms with Crippen LogP contribution in [0.2, 0.25) is 0 Å². The van der Waals surface area contributed by atoms with Crippen molar-refractivity contribution in [3.63, 3.8) is 0 Å². The van der Waals surface area contributed by atoms with Crippen LogP contribution in [0.1, 0.15) is 16.8 Å². The van der Waals surface area contributed by atoms with Gasteiger partial charge in [0, 0.05) is 35.5 Å². The summed E-state index contributed by atoms with van der Waals surface area (Å²) in [6.45, 7) is 2.68. The summed E-state index contributed by atoms with van der Waals surface area (Å²) >= 11 is 3.39. The van der Waals surface area contributed by atoms with Crippen molar-refractivity contribution < 1.29 is 0 Å². The number of nitrogens with zero attached hydrogens (tertiary/aromatic N) is 3. The highest BCUT2D eigenvalue weighted by Gasteiger charge is 2.04.